The highest BCUT2D eigenvalue weighted by atomic mass is 35.5. The van der Waals surface area contributed by atoms with E-state index in [-0.39, 0.29) is 29.7 Å². The van der Waals surface area contributed by atoms with Crippen LogP contribution in [-0.4, -0.2) is 50.1 Å². The minimum Gasteiger partial charge on any atom is -0.481 e. The number of alkyl halides is 1. The third kappa shape index (κ3) is 9.36. The van der Waals surface area contributed by atoms with Gasteiger partial charge in [-0.15, -0.1) is 11.6 Å². The van der Waals surface area contributed by atoms with Crippen molar-refractivity contribution >= 4 is 17.6 Å². The fourth-order valence-corrected chi connectivity index (χ4v) is 4.19. The molecule has 6 atom stereocenters. The number of carbonyl (C=O) groups is 1. The molecule has 6 heteroatoms. The Morgan fingerprint density at radius 3 is 2.50 bits per heavy atom. The molecule has 1 saturated carbocycles. The van der Waals surface area contributed by atoms with Crippen LogP contribution in [0.15, 0.2) is 12.2 Å². The number of hydrogen-bond acceptors (Lipinski definition) is 4. The van der Waals surface area contributed by atoms with Crippen LogP contribution >= 0.6 is 11.6 Å². The van der Waals surface area contributed by atoms with E-state index in [9.17, 15) is 20.1 Å². The van der Waals surface area contributed by atoms with Crippen molar-refractivity contribution in [1.82, 2.24) is 0 Å². The molecule has 1 fully saturated rings. The first kappa shape index (κ1) is 23.4. The van der Waals surface area contributed by atoms with Crippen LogP contribution in [0.3, 0.4) is 0 Å². The van der Waals surface area contributed by atoms with Crippen molar-refractivity contribution in [2.75, 3.05) is 0 Å². The molecular weight excluding hydrogens is 356 g/mol. The molecule has 0 aliphatic heterocycles. The van der Waals surface area contributed by atoms with Crippen LogP contribution in [0.25, 0.3) is 0 Å². The summed E-state index contributed by atoms with van der Waals surface area (Å²) in [4.78, 5) is 10.5. The van der Waals surface area contributed by atoms with Crippen LogP contribution in [0.4, 0.5) is 0 Å². The number of carboxylic acid groups (broad SMARTS) is 1. The first-order chi connectivity index (χ1) is 12.3. The van der Waals surface area contributed by atoms with E-state index in [0.29, 0.717) is 25.7 Å². The minimum atomic E-state index is -0.748. The molecule has 0 heterocycles. The molecule has 0 aromatic rings. The molecule has 152 valence electrons. The zero-order valence-electron chi connectivity index (χ0n) is 15.8. The number of hydrogen-bond donors (Lipinski definition) is 4. The van der Waals surface area contributed by atoms with Crippen LogP contribution in [0.2, 0.25) is 0 Å². The van der Waals surface area contributed by atoms with E-state index in [2.05, 4.69) is 0 Å². The molecule has 5 nitrogen and oxygen atoms in total. The minimum absolute atomic E-state index is 0.0389. The molecule has 1 aliphatic carbocycles. The van der Waals surface area contributed by atoms with Crippen LogP contribution in [0.1, 0.15) is 71.1 Å². The number of carboxylic acids is 1. The van der Waals surface area contributed by atoms with Gasteiger partial charge in [0.15, 0.2) is 0 Å². The largest absolute Gasteiger partial charge is 0.481 e. The fourth-order valence-electron chi connectivity index (χ4n) is 3.72. The van der Waals surface area contributed by atoms with Crippen molar-refractivity contribution < 1.29 is 25.2 Å². The van der Waals surface area contributed by atoms with Gasteiger partial charge in [-0.3, -0.25) is 4.79 Å². The molecule has 0 aromatic carbocycles. The summed E-state index contributed by atoms with van der Waals surface area (Å²) in [6.07, 6.45) is 9.56. The number of aliphatic hydroxyl groups is 3. The number of unbranched alkanes of at least 4 members (excludes halogenated alkanes) is 3. The molecule has 0 spiro atoms. The van der Waals surface area contributed by atoms with E-state index in [1.54, 1.807) is 13.0 Å². The highest BCUT2D eigenvalue weighted by molar-refractivity contribution is 6.21. The SMILES string of the molecule is C[C@@H](O)CCC[C@H](O)C=C[C@@H]1[C@@H](CCCCCCC(=O)O)[C@H](Cl)C[C@@H]1O. The molecule has 0 aromatic heterocycles. The van der Waals surface area contributed by atoms with Gasteiger partial charge in [0.1, 0.15) is 0 Å². The summed E-state index contributed by atoms with van der Waals surface area (Å²) in [6, 6.07) is 0. The second-order valence-electron chi connectivity index (χ2n) is 7.64. The van der Waals surface area contributed by atoms with Crippen LogP contribution in [0.5, 0.6) is 0 Å². The van der Waals surface area contributed by atoms with Gasteiger partial charge in [-0.2, -0.15) is 0 Å². The Balaban J connectivity index is 2.38. The predicted octanol–water partition coefficient (Wildman–Crippen LogP) is 3.48. The Labute approximate surface area is 162 Å². The lowest BCUT2D eigenvalue weighted by Crippen LogP contribution is -2.19. The average Bonchev–Trinajstić information content (AvgIpc) is 2.81. The number of aliphatic carboxylic acids is 1. The van der Waals surface area contributed by atoms with E-state index < -0.39 is 18.2 Å². The molecule has 0 amide bonds. The Morgan fingerprint density at radius 2 is 1.85 bits per heavy atom. The lowest BCUT2D eigenvalue weighted by atomic mass is 9.88. The van der Waals surface area contributed by atoms with Gasteiger partial charge < -0.3 is 20.4 Å². The number of aliphatic hydroxyl groups excluding tert-OH is 3. The quantitative estimate of drug-likeness (QED) is 0.219. The maximum atomic E-state index is 10.5. The van der Waals surface area contributed by atoms with Crippen molar-refractivity contribution in [2.45, 2.75) is 94.8 Å². The zero-order chi connectivity index (χ0) is 19.5. The second-order valence-corrected chi connectivity index (χ2v) is 8.20. The van der Waals surface area contributed by atoms with Gasteiger partial charge >= 0.3 is 5.97 Å². The summed E-state index contributed by atoms with van der Waals surface area (Å²) in [7, 11) is 0. The van der Waals surface area contributed by atoms with Crippen molar-refractivity contribution in [3.63, 3.8) is 0 Å². The molecule has 1 aliphatic rings. The zero-order valence-corrected chi connectivity index (χ0v) is 16.5. The van der Waals surface area contributed by atoms with Gasteiger partial charge in [0.25, 0.3) is 0 Å². The summed E-state index contributed by atoms with van der Waals surface area (Å²) in [5.41, 5.74) is 0. The van der Waals surface area contributed by atoms with Gasteiger partial charge in [0, 0.05) is 17.7 Å². The van der Waals surface area contributed by atoms with E-state index in [1.165, 1.54) is 0 Å². The normalized spacial score (nSPS) is 28.5. The van der Waals surface area contributed by atoms with E-state index in [0.717, 1.165) is 32.1 Å². The van der Waals surface area contributed by atoms with Crippen LogP contribution in [0, 0.1) is 11.8 Å². The molecule has 0 bridgehead atoms. The summed E-state index contributed by atoms with van der Waals surface area (Å²) >= 11 is 6.42. The van der Waals surface area contributed by atoms with E-state index in [4.69, 9.17) is 16.7 Å². The predicted molar refractivity (Wildman–Crippen MR) is 103 cm³/mol. The van der Waals surface area contributed by atoms with Crippen molar-refractivity contribution in [3.8, 4) is 0 Å². The molecule has 4 N–H and O–H groups in total. The van der Waals surface area contributed by atoms with E-state index >= 15 is 0 Å². The summed E-state index contributed by atoms with van der Waals surface area (Å²) < 4.78 is 0. The first-order valence-electron chi connectivity index (χ1n) is 9.89. The Hall–Kier alpha value is -0.620. The molecule has 1 rings (SSSR count). The number of rotatable bonds is 13. The lowest BCUT2D eigenvalue weighted by Gasteiger charge is -2.21. The smallest absolute Gasteiger partial charge is 0.303 e. The summed E-state index contributed by atoms with van der Waals surface area (Å²) in [6.45, 7) is 1.74. The second kappa shape index (κ2) is 12.7. The van der Waals surface area contributed by atoms with Gasteiger partial charge in [0.2, 0.25) is 0 Å². The highest BCUT2D eigenvalue weighted by Crippen LogP contribution is 2.40. The van der Waals surface area contributed by atoms with Gasteiger partial charge in [0.05, 0.1) is 18.3 Å². The van der Waals surface area contributed by atoms with Crippen molar-refractivity contribution in [3.05, 3.63) is 12.2 Å². The lowest BCUT2D eigenvalue weighted by molar-refractivity contribution is -0.137. The van der Waals surface area contributed by atoms with Gasteiger partial charge in [-0.25, -0.2) is 0 Å². The van der Waals surface area contributed by atoms with Crippen molar-refractivity contribution in [2.24, 2.45) is 11.8 Å². The molecule has 26 heavy (non-hydrogen) atoms. The highest BCUT2D eigenvalue weighted by Gasteiger charge is 2.39. The molecule has 0 saturated heterocycles. The molecular formula is C20H35ClO5. The monoisotopic (exact) mass is 390 g/mol. The Bertz CT molecular complexity index is 426. The summed E-state index contributed by atoms with van der Waals surface area (Å²) in [5.74, 6) is -0.600. The Kier molecular flexibility index (Phi) is 11.4. The summed E-state index contributed by atoms with van der Waals surface area (Å²) in [5, 5.41) is 38.2. The van der Waals surface area contributed by atoms with Crippen LogP contribution < -0.4 is 0 Å². The molecule has 0 radical (unpaired) electrons. The van der Waals surface area contributed by atoms with E-state index in [1.807, 2.05) is 6.08 Å². The first-order valence-corrected chi connectivity index (χ1v) is 10.3. The standard InChI is InChI=1S/C20H35ClO5/c1-14(22)7-6-8-15(23)11-12-17-16(18(21)13-19(17)24)9-4-2-3-5-10-20(25)26/h11-12,14-19,22-24H,2-10,13H2,1H3,(H,25,26)/t14-,15+,16-,17-,18-,19+/m1/s1. The van der Waals surface area contributed by atoms with Crippen molar-refractivity contribution in [1.29, 1.82) is 0 Å². The molecule has 0 unspecified atom stereocenters. The fraction of sp³-hybridized carbons (Fsp3) is 0.850. The third-order valence-corrected chi connectivity index (χ3v) is 5.73. The van der Waals surface area contributed by atoms with Crippen LogP contribution in [-0.2, 0) is 4.79 Å². The maximum Gasteiger partial charge on any atom is 0.303 e. The number of halogens is 1. The van der Waals surface area contributed by atoms with Gasteiger partial charge in [-0.05, 0) is 51.4 Å². The topological polar surface area (TPSA) is 98.0 Å². The maximum absolute atomic E-state index is 10.5. The third-order valence-electron chi connectivity index (χ3n) is 5.23. The Morgan fingerprint density at radius 1 is 1.15 bits per heavy atom. The van der Waals surface area contributed by atoms with Gasteiger partial charge in [-0.1, -0.05) is 31.4 Å². The average molecular weight is 391 g/mol.